The number of esters is 1. The van der Waals surface area contributed by atoms with Crippen LogP contribution in [0.2, 0.25) is 0 Å². The first-order chi connectivity index (χ1) is 8.43. The number of fused-ring (bicyclic) bond motifs is 1. The maximum atomic E-state index is 13.0. The maximum absolute atomic E-state index is 13.0. The standard InChI is InChI=1S/C11H13F3N2O2/c1-2-18-9(17)6-16-10(11(12,13)14)7-4-3-5-8(7)15-16/h2-6H2,1H3. The number of nitrogens with zero attached hydrogens (tertiary/aromatic N) is 2. The van der Waals surface area contributed by atoms with Crippen LogP contribution in [0.1, 0.15) is 30.3 Å². The van der Waals surface area contributed by atoms with Gasteiger partial charge in [-0.25, -0.2) is 4.68 Å². The van der Waals surface area contributed by atoms with Crippen LogP contribution in [0.5, 0.6) is 0 Å². The summed E-state index contributed by atoms with van der Waals surface area (Å²) in [5.41, 5.74) is -0.124. The Kier molecular flexibility index (Phi) is 3.32. The third-order valence-electron chi connectivity index (χ3n) is 2.83. The first-order valence-corrected chi connectivity index (χ1v) is 5.75. The van der Waals surface area contributed by atoms with Crippen LogP contribution in [0, 0.1) is 0 Å². The predicted octanol–water partition coefficient (Wildman–Crippen LogP) is 1.95. The zero-order valence-electron chi connectivity index (χ0n) is 9.88. The van der Waals surface area contributed by atoms with Gasteiger partial charge in [0.2, 0.25) is 0 Å². The summed E-state index contributed by atoms with van der Waals surface area (Å²) in [5.74, 6) is -0.704. The second kappa shape index (κ2) is 4.62. The average Bonchev–Trinajstić information content (AvgIpc) is 2.74. The second-order valence-corrected chi connectivity index (χ2v) is 4.09. The van der Waals surface area contributed by atoms with Gasteiger partial charge in [0.15, 0.2) is 0 Å². The number of halogens is 3. The molecule has 1 aliphatic carbocycles. The normalized spacial score (nSPS) is 14.7. The van der Waals surface area contributed by atoms with Gasteiger partial charge in [-0.15, -0.1) is 0 Å². The van der Waals surface area contributed by atoms with Crippen LogP contribution in [-0.2, 0) is 35.1 Å². The minimum absolute atomic E-state index is 0.140. The monoisotopic (exact) mass is 262 g/mol. The van der Waals surface area contributed by atoms with Gasteiger partial charge < -0.3 is 4.74 Å². The molecule has 1 aromatic rings. The van der Waals surface area contributed by atoms with Gasteiger partial charge in [-0.05, 0) is 26.2 Å². The molecule has 0 bridgehead atoms. The lowest BCUT2D eigenvalue weighted by molar-refractivity contribution is -0.149. The Morgan fingerprint density at radius 3 is 2.78 bits per heavy atom. The molecule has 1 aliphatic rings. The number of hydrogen-bond donors (Lipinski definition) is 0. The van der Waals surface area contributed by atoms with Crippen molar-refractivity contribution in [1.82, 2.24) is 9.78 Å². The summed E-state index contributed by atoms with van der Waals surface area (Å²) in [5, 5.41) is 3.88. The van der Waals surface area contributed by atoms with E-state index in [9.17, 15) is 18.0 Å². The summed E-state index contributed by atoms with van der Waals surface area (Å²) < 4.78 is 44.3. The molecule has 0 saturated heterocycles. The average molecular weight is 262 g/mol. The quantitative estimate of drug-likeness (QED) is 0.782. The van der Waals surface area contributed by atoms with E-state index in [4.69, 9.17) is 0 Å². The maximum Gasteiger partial charge on any atom is 0.433 e. The third kappa shape index (κ3) is 2.34. The molecule has 7 heteroatoms. The lowest BCUT2D eigenvalue weighted by Crippen LogP contribution is -2.22. The fourth-order valence-electron chi connectivity index (χ4n) is 2.21. The van der Waals surface area contributed by atoms with Gasteiger partial charge in [0, 0.05) is 5.56 Å². The van der Waals surface area contributed by atoms with Gasteiger partial charge in [0.05, 0.1) is 12.3 Å². The Morgan fingerprint density at radius 1 is 1.44 bits per heavy atom. The molecule has 2 rings (SSSR count). The van der Waals surface area contributed by atoms with E-state index in [2.05, 4.69) is 9.84 Å². The molecule has 0 aromatic carbocycles. The molecule has 0 unspecified atom stereocenters. The lowest BCUT2D eigenvalue weighted by atomic mass is 10.2. The molecule has 0 amide bonds. The molecule has 0 radical (unpaired) electrons. The zero-order valence-corrected chi connectivity index (χ0v) is 9.88. The molecule has 0 spiro atoms. The summed E-state index contributed by atoms with van der Waals surface area (Å²) >= 11 is 0. The van der Waals surface area contributed by atoms with Crippen molar-refractivity contribution < 1.29 is 22.7 Å². The molecular formula is C11H13F3N2O2. The minimum Gasteiger partial charge on any atom is -0.465 e. The first-order valence-electron chi connectivity index (χ1n) is 5.75. The van der Waals surface area contributed by atoms with E-state index in [-0.39, 0.29) is 12.2 Å². The van der Waals surface area contributed by atoms with Crippen LogP contribution >= 0.6 is 0 Å². The summed E-state index contributed by atoms with van der Waals surface area (Å²) in [6.45, 7) is 1.25. The number of hydrogen-bond acceptors (Lipinski definition) is 3. The van der Waals surface area contributed by atoms with E-state index in [0.29, 0.717) is 25.0 Å². The van der Waals surface area contributed by atoms with Crippen molar-refractivity contribution >= 4 is 5.97 Å². The van der Waals surface area contributed by atoms with Gasteiger partial charge in [0.25, 0.3) is 0 Å². The number of aryl methyl sites for hydroxylation is 1. The molecule has 0 saturated carbocycles. The van der Waals surface area contributed by atoms with Crippen molar-refractivity contribution in [3.63, 3.8) is 0 Å². The molecule has 0 aliphatic heterocycles. The molecule has 1 aromatic heterocycles. The van der Waals surface area contributed by atoms with Gasteiger partial charge in [-0.2, -0.15) is 18.3 Å². The summed E-state index contributed by atoms with van der Waals surface area (Å²) in [6.07, 6.45) is -2.90. The van der Waals surface area contributed by atoms with Crippen LogP contribution in [0.25, 0.3) is 0 Å². The summed E-state index contributed by atoms with van der Waals surface area (Å²) in [4.78, 5) is 11.3. The first kappa shape index (κ1) is 12.9. The van der Waals surface area contributed by atoms with Crippen LogP contribution < -0.4 is 0 Å². The number of carbonyl (C=O) groups excluding carboxylic acids is 1. The Bertz CT molecular complexity index is 466. The Morgan fingerprint density at radius 2 is 2.17 bits per heavy atom. The highest BCUT2D eigenvalue weighted by Gasteiger charge is 2.41. The van der Waals surface area contributed by atoms with E-state index >= 15 is 0 Å². The number of rotatable bonds is 3. The molecule has 0 N–H and O–H groups in total. The highest BCUT2D eigenvalue weighted by molar-refractivity contribution is 5.69. The fraction of sp³-hybridized carbons (Fsp3) is 0.636. The van der Waals surface area contributed by atoms with Crippen LogP contribution in [0.3, 0.4) is 0 Å². The Hall–Kier alpha value is -1.53. The van der Waals surface area contributed by atoms with Gasteiger partial charge >= 0.3 is 12.1 Å². The fourth-order valence-corrected chi connectivity index (χ4v) is 2.21. The van der Waals surface area contributed by atoms with Crippen molar-refractivity contribution in [2.45, 2.75) is 38.9 Å². The van der Waals surface area contributed by atoms with Crippen molar-refractivity contribution in [2.24, 2.45) is 0 Å². The van der Waals surface area contributed by atoms with Crippen molar-refractivity contribution in [1.29, 1.82) is 0 Å². The smallest absolute Gasteiger partial charge is 0.433 e. The van der Waals surface area contributed by atoms with Gasteiger partial charge in [-0.3, -0.25) is 4.79 Å². The summed E-state index contributed by atoms with van der Waals surface area (Å²) in [6, 6.07) is 0. The highest BCUT2D eigenvalue weighted by Crippen LogP contribution is 2.36. The van der Waals surface area contributed by atoms with Crippen LogP contribution in [0.4, 0.5) is 13.2 Å². The molecular weight excluding hydrogens is 249 g/mol. The molecule has 1 heterocycles. The third-order valence-corrected chi connectivity index (χ3v) is 2.83. The van der Waals surface area contributed by atoms with E-state index in [0.717, 1.165) is 4.68 Å². The lowest BCUT2D eigenvalue weighted by Gasteiger charge is -2.11. The largest absolute Gasteiger partial charge is 0.465 e. The predicted molar refractivity (Wildman–Crippen MR) is 55.9 cm³/mol. The second-order valence-electron chi connectivity index (χ2n) is 4.09. The van der Waals surface area contributed by atoms with Gasteiger partial charge in [0.1, 0.15) is 12.2 Å². The zero-order chi connectivity index (χ0) is 13.3. The topological polar surface area (TPSA) is 44.1 Å². The van der Waals surface area contributed by atoms with Crippen molar-refractivity contribution in [3.05, 3.63) is 17.0 Å². The summed E-state index contributed by atoms with van der Waals surface area (Å²) in [7, 11) is 0. The molecule has 0 fully saturated rings. The van der Waals surface area contributed by atoms with E-state index in [1.807, 2.05) is 0 Å². The Balaban J connectivity index is 2.33. The number of carbonyl (C=O) groups is 1. The van der Waals surface area contributed by atoms with Crippen molar-refractivity contribution in [3.8, 4) is 0 Å². The Labute approximate surface area is 102 Å². The van der Waals surface area contributed by atoms with E-state index in [1.54, 1.807) is 6.92 Å². The minimum atomic E-state index is -4.49. The molecule has 4 nitrogen and oxygen atoms in total. The van der Waals surface area contributed by atoms with Gasteiger partial charge in [-0.1, -0.05) is 0 Å². The van der Waals surface area contributed by atoms with Crippen LogP contribution in [0.15, 0.2) is 0 Å². The number of ether oxygens (including phenoxy) is 1. The number of aromatic nitrogens is 2. The van der Waals surface area contributed by atoms with Crippen molar-refractivity contribution in [2.75, 3.05) is 6.61 Å². The highest BCUT2D eigenvalue weighted by atomic mass is 19.4. The van der Waals surface area contributed by atoms with Crippen LogP contribution in [-0.4, -0.2) is 22.4 Å². The number of alkyl halides is 3. The molecule has 100 valence electrons. The molecule has 18 heavy (non-hydrogen) atoms. The molecule has 0 atom stereocenters. The SMILES string of the molecule is CCOC(=O)Cn1nc2c(c1C(F)(F)F)CCC2. The van der Waals surface area contributed by atoms with E-state index in [1.165, 1.54) is 0 Å². The van der Waals surface area contributed by atoms with E-state index < -0.39 is 24.4 Å².